The van der Waals surface area contributed by atoms with E-state index in [1.54, 1.807) is 30.3 Å². The van der Waals surface area contributed by atoms with E-state index in [1.165, 1.54) is 43.5 Å². The number of hydrogen-bond acceptors (Lipinski definition) is 6. The summed E-state index contributed by atoms with van der Waals surface area (Å²) in [6.07, 6.45) is 8.07. The van der Waals surface area contributed by atoms with Crippen LogP contribution in [0.3, 0.4) is 0 Å². The predicted molar refractivity (Wildman–Crippen MR) is 170 cm³/mol. The van der Waals surface area contributed by atoms with Crippen LogP contribution in [0.15, 0.2) is 81.4 Å². The predicted octanol–water partition coefficient (Wildman–Crippen LogP) is 8.34. The van der Waals surface area contributed by atoms with Gasteiger partial charge in [0, 0.05) is 22.0 Å². The van der Waals surface area contributed by atoms with E-state index in [9.17, 15) is 18.1 Å². The normalized spacial score (nSPS) is 12.0. The van der Waals surface area contributed by atoms with Gasteiger partial charge in [-0.15, -0.1) is 0 Å². The first-order valence-electron chi connectivity index (χ1n) is 14.7. The fourth-order valence-electron chi connectivity index (χ4n) is 4.35. The van der Waals surface area contributed by atoms with Crippen molar-refractivity contribution in [1.29, 1.82) is 0 Å². The molecule has 1 unspecified atom stereocenters. The number of hydrogen-bond donors (Lipinski definition) is 2. The van der Waals surface area contributed by atoms with E-state index in [4.69, 9.17) is 9.47 Å². The Kier molecular flexibility index (Phi) is 14.4. The molecule has 0 aliphatic carbocycles. The molecule has 8 heteroatoms. The zero-order chi connectivity index (χ0) is 30.2. The monoisotopic (exact) mass is 610 g/mol. The van der Waals surface area contributed by atoms with Gasteiger partial charge >= 0.3 is 0 Å². The Morgan fingerprint density at radius 1 is 0.857 bits per heavy atom. The van der Waals surface area contributed by atoms with Crippen molar-refractivity contribution in [3.05, 3.63) is 72.3 Å². The van der Waals surface area contributed by atoms with Gasteiger partial charge in [-0.25, -0.2) is 0 Å². The van der Waals surface area contributed by atoms with Crippen molar-refractivity contribution >= 4 is 21.9 Å². The summed E-state index contributed by atoms with van der Waals surface area (Å²) in [6.45, 7) is 5.83. The van der Waals surface area contributed by atoms with E-state index < -0.39 is 16.2 Å². The van der Waals surface area contributed by atoms with Gasteiger partial charge in [0.15, 0.2) is 0 Å². The fraction of sp³-hybridized carbons (Fsp3) is 0.412. The first-order chi connectivity index (χ1) is 20.3. The second-order valence-corrected chi connectivity index (χ2v) is 12.5. The molecule has 0 aliphatic rings. The van der Waals surface area contributed by atoms with Crippen molar-refractivity contribution in [2.24, 2.45) is 0 Å². The number of benzene rings is 3. The molecule has 42 heavy (non-hydrogen) atoms. The SMILES string of the molecule is CCCCCCCCOCC#CC(O)c1ccccc1-c1ccc(Sc2ccc(OCCCC)cc2)c(S(=O)(=O)O)c1. The Labute approximate surface area is 255 Å². The molecule has 0 saturated heterocycles. The summed E-state index contributed by atoms with van der Waals surface area (Å²) in [7, 11) is -4.53. The van der Waals surface area contributed by atoms with Crippen LogP contribution in [-0.4, -0.2) is 37.9 Å². The van der Waals surface area contributed by atoms with Crippen LogP contribution in [0.5, 0.6) is 5.75 Å². The second kappa shape index (κ2) is 18.0. The van der Waals surface area contributed by atoms with Crippen molar-refractivity contribution in [2.45, 2.75) is 86.0 Å². The van der Waals surface area contributed by atoms with E-state index >= 15 is 0 Å². The summed E-state index contributed by atoms with van der Waals surface area (Å²) in [5.41, 5.74) is 1.71. The minimum absolute atomic E-state index is 0.202. The van der Waals surface area contributed by atoms with E-state index in [2.05, 4.69) is 25.7 Å². The quantitative estimate of drug-likeness (QED) is 0.0901. The lowest BCUT2D eigenvalue weighted by Gasteiger charge is -2.14. The van der Waals surface area contributed by atoms with Crippen LogP contribution < -0.4 is 4.74 Å². The third-order valence-electron chi connectivity index (χ3n) is 6.66. The molecule has 2 N–H and O–H groups in total. The van der Waals surface area contributed by atoms with E-state index in [-0.39, 0.29) is 11.5 Å². The first kappa shape index (κ1) is 33.7. The Bertz CT molecular complexity index is 1410. The second-order valence-electron chi connectivity index (χ2n) is 10.0. The van der Waals surface area contributed by atoms with Crippen LogP contribution in [0, 0.1) is 11.8 Å². The minimum Gasteiger partial charge on any atom is -0.494 e. The highest BCUT2D eigenvalue weighted by Gasteiger charge is 2.20. The third kappa shape index (κ3) is 11.1. The molecule has 3 aromatic carbocycles. The Morgan fingerprint density at radius 2 is 1.57 bits per heavy atom. The van der Waals surface area contributed by atoms with Crippen LogP contribution in [0.1, 0.15) is 76.9 Å². The van der Waals surface area contributed by atoms with Crippen LogP contribution in [0.25, 0.3) is 11.1 Å². The zero-order valence-electron chi connectivity index (χ0n) is 24.6. The molecule has 0 amide bonds. The molecule has 0 saturated carbocycles. The summed E-state index contributed by atoms with van der Waals surface area (Å²) in [5, 5.41) is 10.8. The van der Waals surface area contributed by atoms with E-state index in [0.29, 0.717) is 34.8 Å². The number of rotatable bonds is 17. The van der Waals surface area contributed by atoms with Crippen LogP contribution in [0.2, 0.25) is 0 Å². The number of ether oxygens (including phenoxy) is 2. The average molecular weight is 611 g/mol. The summed E-state index contributed by atoms with van der Waals surface area (Å²) >= 11 is 1.24. The van der Waals surface area contributed by atoms with Gasteiger partial charge in [0.05, 0.1) is 6.61 Å². The third-order valence-corrected chi connectivity index (χ3v) is 8.77. The maximum atomic E-state index is 12.4. The summed E-state index contributed by atoms with van der Waals surface area (Å²) < 4.78 is 46.2. The topological polar surface area (TPSA) is 93.1 Å². The Morgan fingerprint density at radius 3 is 2.31 bits per heavy atom. The van der Waals surface area contributed by atoms with Gasteiger partial charge in [-0.05, 0) is 60.4 Å². The van der Waals surface area contributed by atoms with Crippen molar-refractivity contribution < 1.29 is 27.6 Å². The molecule has 0 spiro atoms. The highest BCUT2D eigenvalue weighted by molar-refractivity contribution is 8.00. The maximum absolute atomic E-state index is 12.4. The fourth-order valence-corrected chi connectivity index (χ4v) is 6.21. The standard InChI is InChI=1S/C34H42O6S2/c1-3-5-7-8-9-12-23-39-24-13-16-32(35)31-15-11-10-14-30(31)27-17-22-33(34(26-27)42(36,37)38)41-29-20-18-28(19-21-29)40-25-6-4-2/h10-11,14-15,17-22,26,32,35H,3-9,12,23-25H2,1-2H3,(H,36,37,38). The zero-order valence-corrected chi connectivity index (χ0v) is 26.2. The largest absolute Gasteiger partial charge is 0.494 e. The lowest BCUT2D eigenvalue weighted by Crippen LogP contribution is -2.02. The van der Waals surface area contributed by atoms with Gasteiger partial charge in [0.25, 0.3) is 10.1 Å². The highest BCUT2D eigenvalue weighted by atomic mass is 32.2. The number of aliphatic hydroxyl groups is 1. The molecule has 0 fully saturated rings. The van der Waals surface area contributed by atoms with Gasteiger partial charge in [-0.2, -0.15) is 8.42 Å². The molecule has 1 atom stereocenters. The summed E-state index contributed by atoms with van der Waals surface area (Å²) in [6, 6.07) is 19.4. The lowest BCUT2D eigenvalue weighted by atomic mass is 9.96. The minimum atomic E-state index is -4.53. The molecule has 3 aromatic rings. The molecule has 0 aromatic heterocycles. The smallest absolute Gasteiger partial charge is 0.295 e. The molecular formula is C34H42O6S2. The van der Waals surface area contributed by atoms with Gasteiger partial charge in [0.2, 0.25) is 0 Å². The van der Waals surface area contributed by atoms with Crippen LogP contribution in [0.4, 0.5) is 0 Å². The molecular weight excluding hydrogens is 569 g/mol. The van der Waals surface area contributed by atoms with Crippen molar-refractivity contribution in [3.63, 3.8) is 0 Å². The Hall–Kier alpha value is -2.80. The first-order valence-corrected chi connectivity index (χ1v) is 16.9. The van der Waals surface area contributed by atoms with Gasteiger partial charge in [0.1, 0.15) is 23.4 Å². The van der Waals surface area contributed by atoms with Crippen molar-refractivity contribution in [2.75, 3.05) is 19.8 Å². The summed E-state index contributed by atoms with van der Waals surface area (Å²) in [4.78, 5) is 0.994. The van der Waals surface area contributed by atoms with Gasteiger partial charge in [-0.1, -0.05) is 106 Å². The molecule has 0 aliphatic heterocycles. The molecule has 0 heterocycles. The Balaban J connectivity index is 1.71. The van der Waals surface area contributed by atoms with E-state index in [0.717, 1.165) is 36.3 Å². The molecule has 0 bridgehead atoms. The molecule has 3 rings (SSSR count). The van der Waals surface area contributed by atoms with Crippen molar-refractivity contribution in [3.8, 4) is 28.7 Å². The summed E-state index contributed by atoms with van der Waals surface area (Å²) in [5.74, 6) is 6.48. The van der Waals surface area contributed by atoms with Crippen LogP contribution in [-0.2, 0) is 14.9 Å². The maximum Gasteiger partial charge on any atom is 0.295 e. The van der Waals surface area contributed by atoms with Crippen LogP contribution >= 0.6 is 11.8 Å². The van der Waals surface area contributed by atoms with E-state index in [1.807, 2.05) is 30.3 Å². The molecule has 226 valence electrons. The van der Waals surface area contributed by atoms with Crippen molar-refractivity contribution in [1.82, 2.24) is 0 Å². The average Bonchev–Trinajstić information content (AvgIpc) is 2.98. The van der Waals surface area contributed by atoms with Gasteiger partial charge in [-0.3, -0.25) is 4.55 Å². The number of aliphatic hydroxyl groups excluding tert-OH is 1. The molecule has 6 nitrogen and oxygen atoms in total. The van der Waals surface area contributed by atoms with Gasteiger partial charge < -0.3 is 14.6 Å². The number of unbranched alkanes of at least 4 members (excludes halogenated alkanes) is 6. The highest BCUT2D eigenvalue weighted by Crippen LogP contribution is 2.37. The lowest BCUT2D eigenvalue weighted by molar-refractivity contribution is 0.161. The molecule has 0 radical (unpaired) electrons.